The third kappa shape index (κ3) is 4.31. The Kier molecular flexibility index (Phi) is 5.25. The van der Waals surface area contributed by atoms with Crippen molar-refractivity contribution in [2.24, 2.45) is 0 Å². The van der Waals surface area contributed by atoms with E-state index in [9.17, 15) is 13.6 Å². The first-order valence-electron chi connectivity index (χ1n) is 7.09. The van der Waals surface area contributed by atoms with Gasteiger partial charge < -0.3 is 11.1 Å². The predicted molar refractivity (Wildman–Crippen MR) is 94.3 cm³/mol. The first kappa shape index (κ1) is 17.3. The van der Waals surface area contributed by atoms with Gasteiger partial charge in [-0.15, -0.1) is 10.2 Å². The maximum Gasteiger partial charge on any atom is 0.242 e. The molecular weight excluding hydrogens is 366 g/mol. The molecule has 0 saturated heterocycles. The first-order chi connectivity index (χ1) is 12.0. The van der Waals surface area contributed by atoms with Crippen molar-refractivity contribution in [2.45, 2.75) is 9.59 Å². The van der Waals surface area contributed by atoms with Crippen LogP contribution in [0.1, 0.15) is 10.8 Å². The topological polar surface area (TPSA) is 80.9 Å². The van der Waals surface area contributed by atoms with Gasteiger partial charge in [0.05, 0.1) is 0 Å². The van der Waals surface area contributed by atoms with E-state index in [0.717, 1.165) is 17.7 Å². The average Bonchev–Trinajstić information content (AvgIpc) is 3.02. The minimum Gasteiger partial charge on any atom is -0.374 e. The summed E-state index contributed by atoms with van der Waals surface area (Å²) in [5.74, 6) is -2.40. The van der Waals surface area contributed by atoms with Gasteiger partial charge in [0.15, 0.2) is 16.0 Å². The van der Waals surface area contributed by atoms with Crippen LogP contribution < -0.4 is 11.1 Å². The molecule has 9 heteroatoms. The van der Waals surface area contributed by atoms with Gasteiger partial charge in [-0.3, -0.25) is 4.79 Å². The Balaban J connectivity index is 1.85. The van der Waals surface area contributed by atoms with Crippen molar-refractivity contribution in [2.75, 3.05) is 11.1 Å². The number of nitrogens with one attached hydrogen (secondary N) is 1. The van der Waals surface area contributed by atoms with Gasteiger partial charge in [0.1, 0.15) is 5.25 Å². The fraction of sp³-hybridized carbons (Fsp3) is 0.0625. The number of rotatable bonds is 5. The normalized spacial score (nSPS) is 11.9. The summed E-state index contributed by atoms with van der Waals surface area (Å²) in [6.07, 6.45) is 0. The number of anilines is 2. The van der Waals surface area contributed by atoms with Gasteiger partial charge in [0.2, 0.25) is 11.0 Å². The molecule has 0 aliphatic rings. The fourth-order valence-electron chi connectivity index (χ4n) is 2.05. The largest absolute Gasteiger partial charge is 0.374 e. The van der Waals surface area contributed by atoms with Gasteiger partial charge in [0.25, 0.3) is 0 Å². The van der Waals surface area contributed by atoms with Crippen LogP contribution in [0.5, 0.6) is 0 Å². The molecule has 3 aromatic rings. The number of benzene rings is 2. The van der Waals surface area contributed by atoms with E-state index >= 15 is 0 Å². The third-order valence-electron chi connectivity index (χ3n) is 3.17. The molecule has 1 heterocycles. The van der Waals surface area contributed by atoms with Gasteiger partial charge in [-0.25, -0.2) is 8.78 Å². The monoisotopic (exact) mass is 378 g/mol. The number of thioether (sulfide) groups is 1. The summed E-state index contributed by atoms with van der Waals surface area (Å²) >= 11 is 2.35. The van der Waals surface area contributed by atoms with E-state index in [1.54, 1.807) is 12.1 Å². The standard InChI is InChI=1S/C16H12F2N4OS2/c17-11-7-6-10(8-12(11)18)20-14(23)13(9-4-2-1-3-5-9)24-16-22-21-15(19)25-16/h1-8,13H,(H2,19,21)(H,20,23). The lowest BCUT2D eigenvalue weighted by molar-refractivity contribution is -0.115. The minimum atomic E-state index is -1.03. The molecule has 1 aromatic heterocycles. The summed E-state index contributed by atoms with van der Waals surface area (Å²) in [5, 5.41) is 9.89. The zero-order valence-corrected chi connectivity index (χ0v) is 14.3. The third-order valence-corrected chi connectivity index (χ3v) is 5.26. The lowest BCUT2D eigenvalue weighted by Gasteiger charge is -2.15. The number of carbonyl (C=O) groups is 1. The maximum absolute atomic E-state index is 13.3. The molecule has 0 saturated carbocycles. The number of nitrogens with zero attached hydrogens (tertiary/aromatic N) is 2. The number of nitrogen functional groups attached to an aromatic ring is 1. The molecule has 1 unspecified atom stereocenters. The number of amides is 1. The number of carbonyl (C=O) groups excluding carboxylic acids is 1. The second kappa shape index (κ2) is 7.58. The molecule has 0 radical (unpaired) electrons. The Hall–Kier alpha value is -2.52. The van der Waals surface area contributed by atoms with Crippen molar-refractivity contribution in [3.05, 3.63) is 65.7 Å². The molecule has 2 aromatic carbocycles. The van der Waals surface area contributed by atoms with Gasteiger partial charge in [0, 0.05) is 11.8 Å². The number of hydrogen-bond acceptors (Lipinski definition) is 6. The average molecular weight is 378 g/mol. The molecule has 0 aliphatic carbocycles. The molecule has 1 atom stereocenters. The van der Waals surface area contributed by atoms with Crippen LogP contribution in [-0.2, 0) is 4.79 Å². The van der Waals surface area contributed by atoms with Crippen molar-refractivity contribution in [3.63, 3.8) is 0 Å². The van der Waals surface area contributed by atoms with E-state index in [-0.39, 0.29) is 5.69 Å². The molecule has 0 aliphatic heterocycles. The van der Waals surface area contributed by atoms with E-state index in [1.165, 1.54) is 29.2 Å². The number of aromatic nitrogens is 2. The Morgan fingerprint density at radius 3 is 2.52 bits per heavy atom. The van der Waals surface area contributed by atoms with E-state index < -0.39 is 22.8 Å². The van der Waals surface area contributed by atoms with Crippen LogP contribution in [0, 0.1) is 11.6 Å². The van der Waals surface area contributed by atoms with E-state index in [1.807, 2.05) is 18.2 Å². The van der Waals surface area contributed by atoms with Crippen LogP contribution in [0.25, 0.3) is 0 Å². The molecule has 0 bridgehead atoms. The van der Waals surface area contributed by atoms with Gasteiger partial charge in [-0.05, 0) is 17.7 Å². The zero-order chi connectivity index (χ0) is 17.8. The molecule has 0 fully saturated rings. The molecule has 3 N–H and O–H groups in total. The highest BCUT2D eigenvalue weighted by Gasteiger charge is 2.24. The summed E-state index contributed by atoms with van der Waals surface area (Å²) in [4.78, 5) is 12.7. The van der Waals surface area contributed by atoms with Crippen molar-refractivity contribution in [1.29, 1.82) is 0 Å². The van der Waals surface area contributed by atoms with Crippen LogP contribution in [0.15, 0.2) is 52.9 Å². The van der Waals surface area contributed by atoms with Crippen molar-refractivity contribution < 1.29 is 13.6 Å². The van der Waals surface area contributed by atoms with E-state index in [0.29, 0.717) is 9.47 Å². The van der Waals surface area contributed by atoms with Crippen LogP contribution in [0.3, 0.4) is 0 Å². The maximum atomic E-state index is 13.3. The smallest absolute Gasteiger partial charge is 0.242 e. The summed E-state index contributed by atoms with van der Waals surface area (Å²) in [6.45, 7) is 0. The number of nitrogens with two attached hydrogens (primary N) is 1. The second-order valence-corrected chi connectivity index (χ2v) is 7.29. The Bertz CT molecular complexity index is 889. The highest BCUT2D eigenvalue weighted by molar-refractivity contribution is 8.02. The molecular formula is C16H12F2N4OS2. The highest BCUT2D eigenvalue weighted by atomic mass is 32.2. The first-order valence-corrected chi connectivity index (χ1v) is 8.79. The van der Waals surface area contributed by atoms with Crippen LogP contribution in [-0.4, -0.2) is 16.1 Å². The Labute approximate surface area is 150 Å². The van der Waals surface area contributed by atoms with E-state index in [4.69, 9.17) is 5.73 Å². The number of halogens is 2. The predicted octanol–water partition coefficient (Wildman–Crippen LogP) is 3.87. The van der Waals surface area contributed by atoms with Crippen LogP contribution >= 0.6 is 23.1 Å². The minimum absolute atomic E-state index is 0.169. The lowest BCUT2D eigenvalue weighted by atomic mass is 10.1. The summed E-state index contributed by atoms with van der Waals surface area (Å²) in [7, 11) is 0. The SMILES string of the molecule is Nc1nnc(SC(C(=O)Nc2ccc(F)c(F)c2)c2ccccc2)s1. The summed E-state index contributed by atoms with van der Waals surface area (Å²) in [6, 6.07) is 12.2. The highest BCUT2D eigenvalue weighted by Crippen LogP contribution is 2.38. The second-order valence-electron chi connectivity index (χ2n) is 4.93. The van der Waals surface area contributed by atoms with Gasteiger partial charge in [-0.1, -0.05) is 53.4 Å². The van der Waals surface area contributed by atoms with Gasteiger partial charge >= 0.3 is 0 Å². The van der Waals surface area contributed by atoms with Gasteiger partial charge in [-0.2, -0.15) is 0 Å². The zero-order valence-electron chi connectivity index (χ0n) is 12.6. The van der Waals surface area contributed by atoms with Crippen LogP contribution in [0.4, 0.5) is 19.6 Å². The van der Waals surface area contributed by atoms with Crippen LogP contribution in [0.2, 0.25) is 0 Å². The molecule has 128 valence electrons. The quantitative estimate of drug-likeness (QED) is 0.659. The molecule has 0 spiro atoms. The van der Waals surface area contributed by atoms with Crippen molar-refractivity contribution in [1.82, 2.24) is 10.2 Å². The van der Waals surface area contributed by atoms with Crippen molar-refractivity contribution in [3.8, 4) is 0 Å². The summed E-state index contributed by atoms with van der Waals surface area (Å²) < 4.78 is 26.9. The summed E-state index contributed by atoms with van der Waals surface area (Å²) in [5.41, 5.74) is 6.48. The Morgan fingerprint density at radius 2 is 1.88 bits per heavy atom. The molecule has 1 amide bonds. The Morgan fingerprint density at radius 1 is 1.12 bits per heavy atom. The lowest BCUT2D eigenvalue weighted by Crippen LogP contribution is -2.19. The molecule has 5 nitrogen and oxygen atoms in total. The number of hydrogen-bond donors (Lipinski definition) is 2. The molecule has 3 rings (SSSR count). The van der Waals surface area contributed by atoms with Crippen molar-refractivity contribution >= 4 is 39.8 Å². The van der Waals surface area contributed by atoms with E-state index in [2.05, 4.69) is 15.5 Å². The fourth-order valence-corrected chi connectivity index (χ4v) is 3.88. The molecule has 25 heavy (non-hydrogen) atoms.